The van der Waals surface area contributed by atoms with Crippen molar-refractivity contribution in [1.82, 2.24) is 10.2 Å². The normalized spacial score (nSPS) is 20.9. The molecule has 3 rings (SSSR count). The fourth-order valence-electron chi connectivity index (χ4n) is 2.64. The Kier molecular flexibility index (Phi) is 4.59. The summed E-state index contributed by atoms with van der Waals surface area (Å²) in [6.07, 6.45) is 6.28. The first-order valence-electron chi connectivity index (χ1n) is 7.43. The van der Waals surface area contributed by atoms with Crippen LogP contribution in [0.3, 0.4) is 0 Å². The minimum Gasteiger partial charge on any atom is -0.481 e. The predicted octanol–water partition coefficient (Wildman–Crippen LogP) is 2.05. The number of halogens is 2. The maximum Gasteiger partial charge on any atom is 0.387 e. The van der Waals surface area contributed by atoms with Gasteiger partial charge in [-0.3, -0.25) is 14.7 Å². The van der Waals surface area contributed by atoms with Crippen LogP contribution < -0.4 is 5.01 Å². The maximum absolute atomic E-state index is 12.3. The van der Waals surface area contributed by atoms with E-state index in [1.165, 1.54) is 18.5 Å². The lowest BCUT2D eigenvalue weighted by Gasteiger charge is -2.28. The van der Waals surface area contributed by atoms with Crippen LogP contribution in [0.4, 0.5) is 14.5 Å². The number of hydrogen-bond acceptors (Lipinski definition) is 5. The number of amides is 1. The van der Waals surface area contributed by atoms with Crippen LogP contribution in [0.5, 0.6) is 0 Å². The van der Waals surface area contributed by atoms with Gasteiger partial charge in [0, 0.05) is 19.0 Å². The Labute approximate surface area is 140 Å². The first kappa shape index (κ1) is 16.8. The van der Waals surface area contributed by atoms with Crippen LogP contribution in [-0.4, -0.2) is 39.5 Å². The molecule has 10 heteroatoms. The number of alkyl halides is 2. The molecule has 1 aliphatic carbocycles. The molecule has 132 valence electrons. The molecule has 0 bridgehead atoms. The number of ether oxygens (including phenoxy) is 1. The largest absolute Gasteiger partial charge is 0.481 e. The molecule has 0 fully saturated rings. The molecule has 1 unspecified atom stereocenters. The number of allylic oxidation sites excluding steroid dienone is 4. The number of nitrogens with zero attached hydrogens (tertiary/aromatic N) is 3. The fourth-order valence-corrected chi connectivity index (χ4v) is 2.64. The number of aromatic nitrogens is 2. The van der Waals surface area contributed by atoms with Gasteiger partial charge in [0.2, 0.25) is 0 Å². The zero-order valence-electron chi connectivity index (χ0n) is 12.9. The molecule has 1 aliphatic heterocycles. The summed E-state index contributed by atoms with van der Waals surface area (Å²) < 4.78 is 28.8. The number of rotatable bonds is 5. The quantitative estimate of drug-likeness (QED) is 0.789. The number of aromatic amines is 1. The van der Waals surface area contributed by atoms with E-state index in [9.17, 15) is 23.5 Å². The highest BCUT2D eigenvalue weighted by Gasteiger charge is 2.38. The lowest BCUT2D eigenvalue weighted by molar-refractivity contribution is -0.146. The average molecular weight is 352 g/mol. The number of aliphatic carboxylic acids is 1. The molecular formula is C15H14F2N4O4. The van der Waals surface area contributed by atoms with Crippen molar-refractivity contribution in [2.75, 3.05) is 5.01 Å². The highest BCUT2D eigenvalue weighted by atomic mass is 19.3. The monoisotopic (exact) mass is 352 g/mol. The van der Waals surface area contributed by atoms with Crippen molar-refractivity contribution in [2.24, 2.45) is 11.0 Å². The van der Waals surface area contributed by atoms with E-state index in [1.54, 1.807) is 6.08 Å². The summed E-state index contributed by atoms with van der Waals surface area (Å²) in [6, 6.07) is 0. The summed E-state index contributed by atoms with van der Waals surface area (Å²) in [4.78, 5) is 23.7. The van der Waals surface area contributed by atoms with Crippen molar-refractivity contribution in [3.05, 3.63) is 35.9 Å². The SMILES string of the molecule is O=C(O)C1CC(C2=CC=C(OC(F)F)CC2)=NN(c2cn[nH]c2)C1=O. The standard InChI is InChI=1S/C15H14F2N4O4/c16-15(17)25-10-3-1-8(2-4-10)12-5-11(14(23)24)13(22)21(20-12)9-6-18-19-7-9/h1,3,6-7,11,15H,2,4-5H2,(H,18,19)(H,23,24). The first-order valence-corrected chi connectivity index (χ1v) is 7.43. The van der Waals surface area contributed by atoms with Gasteiger partial charge in [-0.25, -0.2) is 0 Å². The number of carbonyl (C=O) groups is 2. The minimum atomic E-state index is -2.89. The number of carboxylic acids is 1. The van der Waals surface area contributed by atoms with E-state index < -0.39 is 24.4 Å². The average Bonchev–Trinajstić information content (AvgIpc) is 3.09. The molecule has 8 nitrogen and oxygen atoms in total. The van der Waals surface area contributed by atoms with Crippen molar-refractivity contribution >= 4 is 23.3 Å². The van der Waals surface area contributed by atoms with E-state index in [2.05, 4.69) is 20.0 Å². The third kappa shape index (κ3) is 3.57. The lowest BCUT2D eigenvalue weighted by atomic mass is 9.90. The molecule has 2 N–H and O–H groups in total. The lowest BCUT2D eigenvalue weighted by Crippen LogP contribution is -2.42. The van der Waals surface area contributed by atoms with Crippen LogP contribution in [0, 0.1) is 5.92 Å². The number of H-pyrrole nitrogens is 1. The van der Waals surface area contributed by atoms with Crippen LogP contribution in [0.1, 0.15) is 19.3 Å². The van der Waals surface area contributed by atoms with E-state index in [0.717, 1.165) is 5.01 Å². The van der Waals surface area contributed by atoms with Crippen LogP contribution in [0.2, 0.25) is 0 Å². The summed E-state index contributed by atoms with van der Waals surface area (Å²) in [5.74, 6) is -3.04. The number of anilines is 1. The summed E-state index contributed by atoms with van der Waals surface area (Å²) in [7, 11) is 0. The van der Waals surface area contributed by atoms with Crippen molar-refractivity contribution in [2.45, 2.75) is 25.9 Å². The fraction of sp³-hybridized carbons (Fsp3) is 0.333. The van der Waals surface area contributed by atoms with Gasteiger partial charge in [-0.1, -0.05) is 6.08 Å². The molecule has 2 aliphatic rings. The van der Waals surface area contributed by atoms with E-state index in [1.807, 2.05) is 0 Å². The van der Waals surface area contributed by atoms with E-state index in [0.29, 0.717) is 23.4 Å². The summed E-state index contributed by atoms with van der Waals surface area (Å²) >= 11 is 0. The molecule has 0 spiro atoms. The van der Waals surface area contributed by atoms with Gasteiger partial charge >= 0.3 is 12.6 Å². The van der Waals surface area contributed by atoms with Crippen molar-refractivity contribution in [3.63, 3.8) is 0 Å². The van der Waals surface area contributed by atoms with Crippen LogP contribution in [0.25, 0.3) is 0 Å². The Balaban J connectivity index is 1.90. The Morgan fingerprint density at radius 2 is 2.20 bits per heavy atom. The second-order valence-electron chi connectivity index (χ2n) is 5.45. The number of nitrogens with one attached hydrogen (secondary N) is 1. The Morgan fingerprint density at radius 3 is 2.76 bits per heavy atom. The van der Waals surface area contributed by atoms with Gasteiger partial charge in [0.1, 0.15) is 17.4 Å². The maximum atomic E-state index is 12.3. The second kappa shape index (κ2) is 6.83. The third-order valence-corrected chi connectivity index (χ3v) is 3.87. The van der Waals surface area contributed by atoms with E-state index >= 15 is 0 Å². The van der Waals surface area contributed by atoms with Crippen molar-refractivity contribution in [3.8, 4) is 0 Å². The van der Waals surface area contributed by atoms with Crippen molar-refractivity contribution in [1.29, 1.82) is 0 Å². The molecule has 25 heavy (non-hydrogen) atoms. The Morgan fingerprint density at radius 1 is 1.40 bits per heavy atom. The third-order valence-electron chi connectivity index (χ3n) is 3.87. The van der Waals surface area contributed by atoms with Gasteiger partial charge in [-0.05, 0) is 18.1 Å². The molecule has 0 aromatic carbocycles. The molecule has 1 atom stereocenters. The molecule has 0 radical (unpaired) electrons. The number of carboxylic acid groups (broad SMARTS) is 1. The van der Waals surface area contributed by atoms with E-state index in [-0.39, 0.29) is 18.6 Å². The van der Waals surface area contributed by atoms with Crippen LogP contribution >= 0.6 is 0 Å². The highest BCUT2D eigenvalue weighted by molar-refractivity contribution is 6.15. The number of carbonyl (C=O) groups excluding carboxylic acids is 1. The molecule has 1 amide bonds. The first-order chi connectivity index (χ1) is 12.0. The van der Waals surface area contributed by atoms with Gasteiger partial charge in [-0.2, -0.15) is 24.0 Å². The molecule has 0 saturated heterocycles. The van der Waals surface area contributed by atoms with Gasteiger partial charge in [0.05, 0.1) is 11.9 Å². The zero-order valence-corrected chi connectivity index (χ0v) is 12.9. The Bertz CT molecular complexity index is 771. The van der Waals surface area contributed by atoms with Gasteiger partial charge < -0.3 is 9.84 Å². The second-order valence-corrected chi connectivity index (χ2v) is 5.45. The molecule has 2 heterocycles. The topological polar surface area (TPSA) is 108 Å². The Hall–Kier alpha value is -3.04. The van der Waals surface area contributed by atoms with Crippen LogP contribution in [0.15, 0.2) is 41.0 Å². The number of hydrazone groups is 1. The van der Waals surface area contributed by atoms with E-state index in [4.69, 9.17) is 0 Å². The van der Waals surface area contributed by atoms with Gasteiger partial charge in [0.25, 0.3) is 5.91 Å². The number of hydrogen-bond donors (Lipinski definition) is 2. The van der Waals surface area contributed by atoms with Crippen molar-refractivity contribution < 1.29 is 28.2 Å². The van der Waals surface area contributed by atoms with Gasteiger partial charge in [0.15, 0.2) is 0 Å². The zero-order chi connectivity index (χ0) is 18.0. The summed E-state index contributed by atoms with van der Waals surface area (Å²) in [5, 5.41) is 20.8. The molecule has 1 aromatic heterocycles. The molecule has 1 aromatic rings. The smallest absolute Gasteiger partial charge is 0.387 e. The van der Waals surface area contributed by atoms with Crippen LogP contribution in [-0.2, 0) is 14.3 Å². The van der Waals surface area contributed by atoms with Gasteiger partial charge in [-0.15, -0.1) is 0 Å². The summed E-state index contributed by atoms with van der Waals surface area (Å²) in [5.41, 5.74) is 1.41. The predicted molar refractivity (Wildman–Crippen MR) is 81.7 cm³/mol. The highest BCUT2D eigenvalue weighted by Crippen LogP contribution is 2.29. The molecular weight excluding hydrogens is 338 g/mol. The molecule has 0 saturated carbocycles. The minimum absolute atomic E-state index is 0.0623. The summed E-state index contributed by atoms with van der Waals surface area (Å²) in [6.45, 7) is -2.89.